The molecule has 6 aromatic rings. The predicted molar refractivity (Wildman–Crippen MR) is 454 cm³/mol. The normalized spacial score (nSPS) is 14.3. The Morgan fingerprint density at radius 3 is 0.896 bits per heavy atom. The van der Waals surface area contributed by atoms with E-state index >= 15 is 0 Å². The molecule has 3 aromatic heterocycles. The molecule has 0 saturated heterocycles. The molecule has 3 heterocycles. The first-order valence-corrected chi connectivity index (χ1v) is 41.9. The molecular formula is C89H137N14O11Y-. The van der Waals surface area contributed by atoms with Crippen LogP contribution in [0, 0.1) is 23.7 Å². The topological polar surface area (TPSA) is 367 Å². The van der Waals surface area contributed by atoms with Crippen molar-refractivity contribution in [3.8, 4) is 0 Å². The summed E-state index contributed by atoms with van der Waals surface area (Å²) in [5.41, 5.74) is 6.61. The van der Waals surface area contributed by atoms with E-state index in [1.165, 1.54) is 16.5 Å². The second-order valence-corrected chi connectivity index (χ2v) is 32.9. The van der Waals surface area contributed by atoms with E-state index in [1.54, 1.807) is 0 Å². The number of likely N-dealkylation sites (N-methyl/N-ethyl adjacent to an activating group) is 1. The third-order valence-electron chi connectivity index (χ3n) is 21.4. The Morgan fingerprint density at radius 1 is 0.313 bits per heavy atom. The van der Waals surface area contributed by atoms with Gasteiger partial charge in [-0.1, -0.05) is 117 Å². The Labute approximate surface area is 708 Å². The Kier molecular flexibility index (Phi) is 45.8. The maximum atomic E-state index is 13.2. The van der Waals surface area contributed by atoms with Crippen molar-refractivity contribution >= 4 is 98.1 Å². The summed E-state index contributed by atoms with van der Waals surface area (Å²) >= 11 is 0. The Morgan fingerprint density at radius 2 is 0.574 bits per heavy atom. The largest absolute Gasteiger partial charge is 0.542 e. The monoisotopic (exact) mass is 1670 g/mol. The van der Waals surface area contributed by atoms with Crippen LogP contribution in [0.2, 0.25) is 0 Å². The average Bonchev–Trinajstić information content (AvgIpc) is 1.70. The number of carbonyl (C=O) groups is 10. The zero-order valence-corrected chi connectivity index (χ0v) is 74.2. The van der Waals surface area contributed by atoms with E-state index in [0.717, 1.165) is 52.1 Å². The van der Waals surface area contributed by atoms with Gasteiger partial charge in [-0.3, -0.25) is 54.2 Å². The van der Waals surface area contributed by atoms with E-state index < -0.39 is 0 Å². The second-order valence-electron chi connectivity index (χ2n) is 32.9. The van der Waals surface area contributed by atoms with Gasteiger partial charge in [-0.2, -0.15) is 0 Å². The molecule has 115 heavy (non-hydrogen) atoms. The van der Waals surface area contributed by atoms with Gasteiger partial charge in [0.15, 0.2) is 0 Å². The zero-order valence-electron chi connectivity index (χ0n) is 71.4. The number of rotatable bonds is 52. The van der Waals surface area contributed by atoms with Gasteiger partial charge in [0.2, 0.25) is 59.1 Å². The van der Waals surface area contributed by atoms with Crippen molar-refractivity contribution in [1.82, 2.24) is 73.4 Å². The number of hydrogen-bond acceptors (Lipinski definition) is 12. The van der Waals surface area contributed by atoms with Crippen molar-refractivity contribution in [2.45, 2.75) is 317 Å². The number of H-pyrrole nitrogens is 3. The molecule has 25 nitrogen and oxygen atoms in total. The molecule has 0 unspecified atom stereocenters. The molecule has 0 fully saturated rings. The maximum absolute atomic E-state index is 13.2. The van der Waals surface area contributed by atoms with E-state index in [2.05, 4.69) is 91.6 Å². The van der Waals surface area contributed by atoms with Crippen LogP contribution < -0.4 is 58.5 Å². The molecule has 10 amide bonds. The first-order valence-electron chi connectivity index (χ1n) is 41.9. The maximum Gasteiger partial charge on any atom is 0.220 e. The fraction of sp³-hybridized carbons (Fsp3) is 0.607. The number of aromatic amines is 3. The van der Waals surface area contributed by atoms with Crippen LogP contribution in [0.3, 0.4) is 0 Å². The number of aromatic nitrogens is 3. The minimum atomic E-state index is -0.304. The van der Waals surface area contributed by atoms with Crippen molar-refractivity contribution in [3.05, 3.63) is 108 Å². The third-order valence-corrected chi connectivity index (χ3v) is 21.4. The summed E-state index contributed by atoms with van der Waals surface area (Å²) in [5, 5.41) is 37.1. The first kappa shape index (κ1) is 99.1. The van der Waals surface area contributed by atoms with Crippen LogP contribution in [0.25, 0.3) is 32.7 Å². The molecule has 1 radical (unpaired) electrons. The van der Waals surface area contributed by atoms with Gasteiger partial charge >= 0.3 is 0 Å². The van der Waals surface area contributed by atoms with Crippen molar-refractivity contribution in [2.75, 3.05) is 7.05 Å². The summed E-state index contributed by atoms with van der Waals surface area (Å²) in [4.78, 5) is 148. The molecule has 0 aliphatic rings. The van der Waals surface area contributed by atoms with Crippen molar-refractivity contribution < 1.29 is 85.4 Å². The Hall–Kier alpha value is -8.29. The summed E-state index contributed by atoms with van der Waals surface area (Å²) in [6.45, 7) is 27.5. The van der Waals surface area contributed by atoms with E-state index in [1.807, 2.05) is 183 Å². The minimum Gasteiger partial charge on any atom is -0.542 e. The second kappa shape index (κ2) is 53.1. The van der Waals surface area contributed by atoms with Crippen LogP contribution in [0.4, 0.5) is 0 Å². The summed E-state index contributed by atoms with van der Waals surface area (Å²) in [7, 11) is 1.93. The molecule has 14 N–H and O–H groups in total. The van der Waals surface area contributed by atoms with Crippen LogP contribution in [-0.4, -0.2) is 154 Å². The molecule has 633 valence electrons. The van der Waals surface area contributed by atoms with E-state index in [9.17, 15) is 52.7 Å². The standard InChI is InChI=1S/C49H74N8O5.C40H63N6O6.Y/c1-31(2)41(20-25-46(59)53-33(5)17-22-45(58)55-35(7)27-36-29-51-43-15-11-9-13-39(36)43)56-48(61)23-18-34(6)54-47(60)26-21-42(32(3)4)57-49(62)24-19-38(50-8)28-37-30-52-44-16-12-10-14-40(37)44;1-8-11-36(48)45-33(26(2)3)17-21-38(50)43-28(6)14-18-39(51)44-31(24-30-25-41-35-13-10-9-12-32(30)35)16-20-37(49)42-29(7)15-19-40(52)46-34(22-23-47)27(4)5;/h9-16,29-35,38,41-42,50-52H,17-28H2,1-8H3,(H,53,59)(H,54,60)(H,55,58)(H,56,61)(H,57,62);9-10,12-13,25-29,31,33-34,41H,8,11,14-22,24H2,1-7H3,(H,42,49)(H,43,50)(H,44,51)(H,45,48)(H,46,52);/q;-1;/t33-,34-,35+,38+,41+,42+;28-,29-,31+,33+,34+;/m00./s1. The first-order chi connectivity index (χ1) is 54.3. The molecule has 0 saturated carbocycles. The summed E-state index contributed by atoms with van der Waals surface area (Å²) in [5.74, 6) is -0.391. The Balaban J connectivity index is 0.000000488. The predicted octanol–water partition coefficient (Wildman–Crippen LogP) is 11.6. The molecule has 26 heteroatoms. The molecule has 11 atom stereocenters. The third kappa shape index (κ3) is 38.1. The van der Waals surface area contributed by atoms with E-state index in [-0.39, 0.29) is 233 Å². The smallest absolute Gasteiger partial charge is 0.220 e. The van der Waals surface area contributed by atoms with Crippen LogP contribution in [0.1, 0.15) is 248 Å². The van der Waals surface area contributed by atoms with Crippen molar-refractivity contribution in [2.24, 2.45) is 23.7 Å². The van der Waals surface area contributed by atoms with Crippen molar-refractivity contribution in [1.29, 1.82) is 0 Å². The number of fused-ring (bicyclic) bond motifs is 3. The van der Waals surface area contributed by atoms with Crippen LogP contribution in [-0.2, 0) is 105 Å². The molecule has 0 aliphatic carbocycles. The van der Waals surface area contributed by atoms with Gasteiger partial charge in [-0.05, 0) is 184 Å². The minimum absolute atomic E-state index is 0. The molecule has 0 bridgehead atoms. The van der Waals surface area contributed by atoms with Gasteiger partial charge in [0, 0.05) is 215 Å². The Bertz CT molecular complexity index is 3980. The van der Waals surface area contributed by atoms with Gasteiger partial charge in [0.05, 0.1) is 0 Å². The van der Waals surface area contributed by atoms with Crippen LogP contribution in [0.15, 0.2) is 91.4 Å². The number of carbonyl (C=O) groups excluding carboxylic acids is 11. The average molecular weight is 1670 g/mol. The van der Waals surface area contributed by atoms with Gasteiger partial charge in [-0.25, -0.2) is 0 Å². The summed E-state index contributed by atoms with van der Waals surface area (Å²) in [6.07, 6.45) is 18.3. The quantitative estimate of drug-likeness (QED) is 0.0159. The number of para-hydroxylation sites is 3. The van der Waals surface area contributed by atoms with Gasteiger partial charge in [-0.15, -0.1) is 6.42 Å². The molecular weight excluding hydrogens is 1530 g/mol. The number of benzene rings is 3. The molecule has 3 aromatic carbocycles. The van der Waals surface area contributed by atoms with Gasteiger partial charge < -0.3 is 78.2 Å². The molecule has 6 rings (SSSR count). The van der Waals surface area contributed by atoms with Gasteiger partial charge in [0.1, 0.15) is 0 Å². The fourth-order valence-electron chi connectivity index (χ4n) is 14.2. The number of amides is 10. The van der Waals surface area contributed by atoms with E-state index in [4.69, 9.17) is 0 Å². The summed E-state index contributed by atoms with van der Waals surface area (Å²) < 4.78 is 0. The SMILES string of the molecule is CCCC(=O)N[C@H](CCC(=O)N[C@@H](C)CCC(=O)N[C@H](CCC(=O)N[C@@H](C)CCC(=O)N[C@H](C[C-]=O)C(C)C)Cc1c[nH]c2ccccc12)C(C)C.CN[C@H](CCC(=O)N[C@H](CCC(=O)N[C@@H](C)CCC(=O)N[C@H](CCC(=O)N[C@@H](C)CCC(=O)N[C@H](C)Cc1c[nH]c2ccccc12)C(C)C)C(C)C)Cc1c[nH]c2ccccc12.[Y]. The molecule has 0 spiro atoms. The number of hydrogen-bond donors (Lipinski definition) is 14. The summed E-state index contributed by atoms with van der Waals surface area (Å²) in [6, 6.07) is 22.6. The van der Waals surface area contributed by atoms with Crippen LogP contribution in [0.5, 0.6) is 0 Å². The van der Waals surface area contributed by atoms with Gasteiger partial charge in [0.25, 0.3) is 0 Å². The fourth-order valence-corrected chi connectivity index (χ4v) is 14.2. The number of nitrogens with one attached hydrogen (secondary N) is 14. The molecule has 0 aliphatic heterocycles. The van der Waals surface area contributed by atoms with Crippen LogP contribution >= 0.6 is 0 Å². The zero-order chi connectivity index (χ0) is 83.8. The van der Waals surface area contributed by atoms with E-state index in [0.29, 0.717) is 83.5 Å². The van der Waals surface area contributed by atoms with Crippen molar-refractivity contribution in [3.63, 3.8) is 0 Å².